The maximum atomic E-state index is 4.76. The van der Waals surface area contributed by atoms with Crippen LogP contribution in [0.5, 0.6) is 0 Å². The van der Waals surface area contributed by atoms with Crippen molar-refractivity contribution in [2.24, 2.45) is 23.7 Å². The Morgan fingerprint density at radius 2 is 1.79 bits per heavy atom. The van der Waals surface area contributed by atoms with Crippen LogP contribution in [-0.4, -0.2) is 16.8 Å². The molecular weight excluding hydrogens is 234 g/mol. The molecule has 0 radical (unpaired) electrons. The lowest BCUT2D eigenvalue weighted by atomic mass is 9.54. The highest BCUT2D eigenvalue weighted by atomic mass is 15.3. The van der Waals surface area contributed by atoms with Crippen molar-refractivity contribution in [3.05, 3.63) is 17.5 Å². The van der Waals surface area contributed by atoms with E-state index in [0.29, 0.717) is 6.04 Å². The second-order valence-electron chi connectivity index (χ2n) is 7.15. The first-order valence-corrected chi connectivity index (χ1v) is 7.93. The van der Waals surface area contributed by atoms with Gasteiger partial charge in [-0.15, -0.1) is 0 Å². The van der Waals surface area contributed by atoms with Gasteiger partial charge in [-0.1, -0.05) is 0 Å². The maximum absolute atomic E-state index is 4.76. The molecule has 1 aromatic heterocycles. The number of aromatic nitrogens is 2. The van der Waals surface area contributed by atoms with Gasteiger partial charge >= 0.3 is 0 Å². The Hall–Kier alpha value is -0.830. The molecule has 0 saturated heterocycles. The third kappa shape index (κ3) is 1.78. The fraction of sp³-hybridized carbons (Fsp3) is 0.812. The Morgan fingerprint density at radius 1 is 1.16 bits per heavy atom. The van der Waals surface area contributed by atoms with E-state index >= 15 is 0 Å². The molecule has 4 aliphatic rings. The summed E-state index contributed by atoms with van der Waals surface area (Å²) >= 11 is 0. The van der Waals surface area contributed by atoms with Crippen LogP contribution in [0, 0.1) is 30.6 Å². The van der Waals surface area contributed by atoms with Crippen LogP contribution in [0.1, 0.15) is 49.4 Å². The SMILES string of the molecule is CNCc1cnn(C2C3CC4CC(C3)CC2C4)c1C. The van der Waals surface area contributed by atoms with Gasteiger partial charge in [-0.05, 0) is 69.7 Å². The second kappa shape index (κ2) is 4.34. The quantitative estimate of drug-likeness (QED) is 0.904. The van der Waals surface area contributed by atoms with Gasteiger partial charge in [-0.2, -0.15) is 5.10 Å². The summed E-state index contributed by atoms with van der Waals surface area (Å²) in [5.41, 5.74) is 2.77. The second-order valence-corrected chi connectivity index (χ2v) is 7.15. The molecule has 104 valence electrons. The van der Waals surface area contributed by atoms with Gasteiger partial charge in [-0.25, -0.2) is 0 Å². The molecule has 3 heteroatoms. The predicted octanol–water partition coefficient (Wildman–Crippen LogP) is 2.91. The summed E-state index contributed by atoms with van der Waals surface area (Å²) in [6, 6.07) is 0.707. The van der Waals surface area contributed by atoms with E-state index in [1.165, 1.54) is 43.4 Å². The minimum absolute atomic E-state index is 0.707. The van der Waals surface area contributed by atoms with Crippen molar-refractivity contribution in [2.45, 2.75) is 51.6 Å². The molecule has 0 aliphatic heterocycles. The van der Waals surface area contributed by atoms with Gasteiger partial charge in [0.05, 0.1) is 12.2 Å². The first kappa shape index (κ1) is 12.0. The Kier molecular flexibility index (Phi) is 2.73. The summed E-state index contributed by atoms with van der Waals surface area (Å²) in [5.74, 6) is 3.92. The van der Waals surface area contributed by atoms with Gasteiger partial charge in [0.25, 0.3) is 0 Å². The van der Waals surface area contributed by atoms with Crippen LogP contribution in [0.15, 0.2) is 6.20 Å². The fourth-order valence-corrected chi connectivity index (χ4v) is 5.42. The van der Waals surface area contributed by atoms with Gasteiger partial charge in [-0.3, -0.25) is 4.68 Å². The molecule has 1 N–H and O–H groups in total. The molecule has 0 atom stereocenters. The van der Waals surface area contributed by atoms with Crippen molar-refractivity contribution in [3.8, 4) is 0 Å². The molecule has 0 amide bonds. The molecule has 1 aromatic rings. The molecule has 19 heavy (non-hydrogen) atoms. The standard InChI is InChI=1S/C16H25N3/c1-10-15(8-17-2)9-18-19(10)16-13-4-11-3-12(6-13)7-14(16)5-11/h9,11-14,16-17H,3-8H2,1-2H3. The van der Waals surface area contributed by atoms with Crippen molar-refractivity contribution >= 4 is 0 Å². The summed E-state index contributed by atoms with van der Waals surface area (Å²) in [4.78, 5) is 0. The number of hydrogen-bond acceptors (Lipinski definition) is 2. The summed E-state index contributed by atoms with van der Waals surface area (Å²) in [7, 11) is 2.01. The van der Waals surface area contributed by atoms with Crippen molar-refractivity contribution < 1.29 is 0 Å². The van der Waals surface area contributed by atoms with Crippen LogP contribution >= 0.6 is 0 Å². The maximum Gasteiger partial charge on any atom is 0.0579 e. The molecule has 0 aromatic carbocycles. The molecule has 1 heterocycles. The smallest absolute Gasteiger partial charge is 0.0579 e. The molecule has 4 bridgehead atoms. The summed E-state index contributed by atoms with van der Waals surface area (Å²) in [5, 5.41) is 8.01. The normalized spacial score (nSPS) is 40.0. The first-order valence-electron chi connectivity index (χ1n) is 7.93. The minimum atomic E-state index is 0.707. The third-order valence-electron chi connectivity index (χ3n) is 5.97. The van der Waals surface area contributed by atoms with Crippen molar-refractivity contribution in [1.29, 1.82) is 0 Å². The number of hydrogen-bond donors (Lipinski definition) is 1. The van der Waals surface area contributed by atoms with Crippen molar-refractivity contribution in [2.75, 3.05) is 7.05 Å². The average molecular weight is 259 g/mol. The van der Waals surface area contributed by atoms with Crippen molar-refractivity contribution in [1.82, 2.24) is 15.1 Å². The zero-order valence-electron chi connectivity index (χ0n) is 12.1. The molecule has 4 saturated carbocycles. The number of rotatable bonds is 3. The Balaban J connectivity index is 1.65. The van der Waals surface area contributed by atoms with Gasteiger partial charge in [0.2, 0.25) is 0 Å². The lowest BCUT2D eigenvalue weighted by molar-refractivity contribution is -0.0344. The highest BCUT2D eigenvalue weighted by Gasteiger charge is 2.49. The van der Waals surface area contributed by atoms with Crippen LogP contribution in [-0.2, 0) is 6.54 Å². The number of nitrogens with one attached hydrogen (secondary N) is 1. The van der Waals surface area contributed by atoms with Gasteiger partial charge in [0.15, 0.2) is 0 Å². The zero-order valence-corrected chi connectivity index (χ0v) is 12.1. The first-order chi connectivity index (χ1) is 9.26. The molecule has 5 rings (SSSR count). The highest BCUT2D eigenvalue weighted by molar-refractivity contribution is 5.18. The van der Waals surface area contributed by atoms with E-state index < -0.39 is 0 Å². The monoisotopic (exact) mass is 259 g/mol. The Bertz CT molecular complexity index is 448. The van der Waals surface area contributed by atoms with E-state index in [1.807, 2.05) is 7.05 Å². The lowest BCUT2D eigenvalue weighted by Crippen LogP contribution is -2.46. The van der Waals surface area contributed by atoms with E-state index in [1.54, 1.807) is 0 Å². The largest absolute Gasteiger partial charge is 0.316 e. The molecule has 3 nitrogen and oxygen atoms in total. The third-order valence-corrected chi connectivity index (χ3v) is 5.97. The molecule has 4 fully saturated rings. The molecule has 0 unspecified atom stereocenters. The predicted molar refractivity (Wildman–Crippen MR) is 75.8 cm³/mol. The average Bonchev–Trinajstić information content (AvgIpc) is 2.71. The van der Waals surface area contributed by atoms with E-state index in [9.17, 15) is 0 Å². The van der Waals surface area contributed by atoms with Crippen molar-refractivity contribution in [3.63, 3.8) is 0 Å². The summed E-state index contributed by atoms with van der Waals surface area (Å²) in [6.45, 7) is 3.20. The van der Waals surface area contributed by atoms with Gasteiger partial charge in [0.1, 0.15) is 0 Å². The topological polar surface area (TPSA) is 29.9 Å². The summed E-state index contributed by atoms with van der Waals surface area (Å²) in [6.07, 6.45) is 9.49. The highest BCUT2D eigenvalue weighted by Crippen LogP contribution is 2.58. The van der Waals surface area contributed by atoms with Crippen LogP contribution in [0.4, 0.5) is 0 Å². The van der Waals surface area contributed by atoms with E-state index in [0.717, 1.165) is 30.2 Å². The Morgan fingerprint density at radius 3 is 2.37 bits per heavy atom. The van der Waals surface area contributed by atoms with Crippen LogP contribution in [0.3, 0.4) is 0 Å². The van der Waals surface area contributed by atoms with Crippen LogP contribution in [0.2, 0.25) is 0 Å². The van der Waals surface area contributed by atoms with Gasteiger partial charge < -0.3 is 5.32 Å². The van der Waals surface area contributed by atoms with Crippen LogP contribution in [0.25, 0.3) is 0 Å². The van der Waals surface area contributed by atoms with Crippen LogP contribution < -0.4 is 5.32 Å². The lowest BCUT2D eigenvalue weighted by Gasteiger charge is -2.54. The van der Waals surface area contributed by atoms with Gasteiger partial charge in [0, 0.05) is 17.8 Å². The number of nitrogens with zero attached hydrogens (tertiary/aromatic N) is 2. The fourth-order valence-electron chi connectivity index (χ4n) is 5.42. The Labute approximate surface area is 115 Å². The zero-order chi connectivity index (χ0) is 13.0. The summed E-state index contributed by atoms with van der Waals surface area (Å²) < 4.78 is 2.39. The van der Waals surface area contributed by atoms with E-state index in [2.05, 4.69) is 23.1 Å². The minimum Gasteiger partial charge on any atom is -0.316 e. The van der Waals surface area contributed by atoms with E-state index in [-0.39, 0.29) is 0 Å². The molecule has 0 spiro atoms. The van der Waals surface area contributed by atoms with E-state index in [4.69, 9.17) is 5.10 Å². The molecular formula is C16H25N3. The molecule has 4 aliphatic carbocycles.